The Morgan fingerprint density at radius 2 is 2.00 bits per heavy atom. The smallest absolute Gasteiger partial charge is 0.316 e. The third-order valence-corrected chi connectivity index (χ3v) is 3.23. The van der Waals surface area contributed by atoms with Crippen molar-refractivity contribution in [1.29, 1.82) is 0 Å². The Morgan fingerprint density at radius 3 is 2.74 bits per heavy atom. The van der Waals surface area contributed by atoms with Crippen molar-refractivity contribution in [1.82, 2.24) is 9.13 Å². The molecule has 100 valence electrons. The second kappa shape index (κ2) is 5.88. The van der Waals surface area contributed by atoms with Crippen LogP contribution >= 0.6 is 15.9 Å². The molecule has 19 heavy (non-hydrogen) atoms. The van der Waals surface area contributed by atoms with E-state index >= 15 is 0 Å². The fourth-order valence-corrected chi connectivity index (χ4v) is 2.08. The molecule has 1 N–H and O–H groups in total. The zero-order chi connectivity index (χ0) is 13.8. The number of anilines is 1. The number of halogens is 1. The summed E-state index contributed by atoms with van der Waals surface area (Å²) < 4.78 is 3.68. The minimum absolute atomic E-state index is 0.446. The molecule has 0 spiro atoms. The van der Waals surface area contributed by atoms with E-state index in [1.807, 2.05) is 24.3 Å². The van der Waals surface area contributed by atoms with Crippen molar-refractivity contribution in [3.63, 3.8) is 0 Å². The van der Waals surface area contributed by atoms with Gasteiger partial charge in [0.1, 0.15) is 0 Å². The van der Waals surface area contributed by atoms with Crippen LogP contribution in [0.3, 0.4) is 0 Å². The van der Waals surface area contributed by atoms with Gasteiger partial charge in [-0.1, -0.05) is 22.0 Å². The Morgan fingerprint density at radius 1 is 1.21 bits per heavy atom. The van der Waals surface area contributed by atoms with Crippen LogP contribution in [0.2, 0.25) is 0 Å². The number of nitrogens with zero attached hydrogens (tertiary/aromatic N) is 2. The molecule has 0 atom stereocenters. The number of rotatable bonds is 4. The quantitative estimate of drug-likeness (QED) is 0.866. The summed E-state index contributed by atoms with van der Waals surface area (Å²) in [6.45, 7) is 1.02. The van der Waals surface area contributed by atoms with Gasteiger partial charge >= 0.3 is 11.1 Å². The molecule has 0 saturated carbocycles. The van der Waals surface area contributed by atoms with Gasteiger partial charge in [-0.05, 0) is 18.2 Å². The van der Waals surface area contributed by atoms with Crippen LogP contribution < -0.4 is 16.4 Å². The number of hydrogen-bond donors (Lipinski definition) is 1. The highest BCUT2D eigenvalue weighted by Gasteiger charge is 2.01. The second-order valence-electron chi connectivity index (χ2n) is 4.15. The van der Waals surface area contributed by atoms with E-state index in [1.54, 1.807) is 19.4 Å². The molecule has 0 bridgehead atoms. The largest absolute Gasteiger partial charge is 0.383 e. The van der Waals surface area contributed by atoms with Gasteiger partial charge in [0.2, 0.25) is 0 Å². The maximum atomic E-state index is 11.7. The van der Waals surface area contributed by atoms with Crippen molar-refractivity contribution in [2.75, 3.05) is 11.9 Å². The maximum Gasteiger partial charge on any atom is 0.316 e. The van der Waals surface area contributed by atoms with Gasteiger partial charge in [-0.15, -0.1) is 0 Å². The summed E-state index contributed by atoms with van der Waals surface area (Å²) in [6.07, 6.45) is 3.20. The second-order valence-corrected chi connectivity index (χ2v) is 5.07. The zero-order valence-electron chi connectivity index (χ0n) is 10.5. The van der Waals surface area contributed by atoms with E-state index in [0.717, 1.165) is 10.2 Å². The van der Waals surface area contributed by atoms with E-state index in [9.17, 15) is 9.59 Å². The summed E-state index contributed by atoms with van der Waals surface area (Å²) in [5.41, 5.74) is -0.0442. The molecule has 5 nitrogen and oxygen atoms in total. The van der Waals surface area contributed by atoms with E-state index in [1.165, 1.54) is 9.13 Å². The molecule has 0 aliphatic carbocycles. The Kier molecular flexibility index (Phi) is 4.21. The minimum atomic E-state index is -0.509. The third-order valence-electron chi connectivity index (χ3n) is 2.74. The first-order valence-corrected chi connectivity index (χ1v) is 6.63. The van der Waals surface area contributed by atoms with Crippen LogP contribution in [0.15, 0.2) is 50.7 Å². The summed E-state index contributed by atoms with van der Waals surface area (Å²) in [4.78, 5) is 23.2. The molecule has 0 aliphatic heterocycles. The molecule has 0 aliphatic rings. The normalized spacial score (nSPS) is 10.4. The van der Waals surface area contributed by atoms with Crippen LogP contribution in [0.1, 0.15) is 0 Å². The van der Waals surface area contributed by atoms with Crippen molar-refractivity contribution < 1.29 is 0 Å². The SMILES string of the molecule is Cn1ccn(CCNc2cccc(Br)c2)c(=O)c1=O. The zero-order valence-corrected chi connectivity index (χ0v) is 12.1. The number of benzene rings is 1. The summed E-state index contributed by atoms with van der Waals surface area (Å²) >= 11 is 3.39. The summed E-state index contributed by atoms with van der Waals surface area (Å²) in [7, 11) is 1.56. The highest BCUT2D eigenvalue weighted by atomic mass is 79.9. The van der Waals surface area contributed by atoms with Gasteiger partial charge in [-0.3, -0.25) is 9.59 Å². The Labute approximate surface area is 118 Å². The van der Waals surface area contributed by atoms with Crippen LogP contribution in [0.25, 0.3) is 0 Å². The molecular weight excluding hydrogens is 310 g/mol. The molecule has 0 amide bonds. The fourth-order valence-electron chi connectivity index (χ4n) is 1.68. The van der Waals surface area contributed by atoms with Crippen molar-refractivity contribution >= 4 is 21.6 Å². The van der Waals surface area contributed by atoms with E-state index in [0.29, 0.717) is 13.1 Å². The Balaban J connectivity index is 2.02. The standard InChI is InChI=1S/C13H14BrN3O2/c1-16-7-8-17(13(19)12(16)18)6-5-15-11-4-2-3-10(14)9-11/h2-4,7-9,15H,5-6H2,1H3. The summed E-state index contributed by atoms with van der Waals surface area (Å²) in [5, 5.41) is 3.20. The molecule has 0 unspecified atom stereocenters. The molecule has 0 saturated heterocycles. The van der Waals surface area contributed by atoms with Crippen molar-refractivity contribution in [3.05, 3.63) is 61.8 Å². The van der Waals surface area contributed by atoms with Crippen LogP contribution in [-0.2, 0) is 13.6 Å². The number of aromatic nitrogens is 2. The topological polar surface area (TPSA) is 56.0 Å². The summed E-state index contributed by atoms with van der Waals surface area (Å²) in [5.74, 6) is 0. The predicted octanol–water partition coefficient (Wildman–Crippen LogP) is 1.42. The van der Waals surface area contributed by atoms with E-state index in [-0.39, 0.29) is 0 Å². The van der Waals surface area contributed by atoms with Crippen molar-refractivity contribution in [2.45, 2.75) is 6.54 Å². The maximum absolute atomic E-state index is 11.7. The van der Waals surface area contributed by atoms with Crippen LogP contribution in [0.4, 0.5) is 5.69 Å². The molecule has 0 radical (unpaired) electrons. The molecule has 1 aromatic heterocycles. The Bertz CT molecular complexity index is 691. The molecular formula is C13H14BrN3O2. The predicted molar refractivity (Wildman–Crippen MR) is 78.6 cm³/mol. The Hall–Kier alpha value is -1.82. The molecule has 1 heterocycles. The number of nitrogens with one attached hydrogen (secondary N) is 1. The molecule has 2 aromatic rings. The molecule has 0 fully saturated rings. The van der Waals surface area contributed by atoms with Crippen LogP contribution in [0, 0.1) is 0 Å². The van der Waals surface area contributed by atoms with Gasteiger partial charge < -0.3 is 14.5 Å². The first-order chi connectivity index (χ1) is 9.08. The highest BCUT2D eigenvalue weighted by Crippen LogP contribution is 2.15. The van der Waals surface area contributed by atoms with Gasteiger partial charge in [0.15, 0.2) is 0 Å². The number of aryl methyl sites for hydroxylation is 1. The summed E-state index contributed by atoms with van der Waals surface area (Å²) in [6, 6.07) is 7.76. The van der Waals surface area contributed by atoms with Crippen molar-refractivity contribution in [2.24, 2.45) is 7.05 Å². The van der Waals surface area contributed by atoms with Crippen LogP contribution in [0.5, 0.6) is 0 Å². The monoisotopic (exact) mass is 323 g/mol. The lowest BCUT2D eigenvalue weighted by atomic mass is 10.3. The van der Waals surface area contributed by atoms with Gasteiger partial charge in [-0.2, -0.15) is 0 Å². The lowest BCUT2D eigenvalue weighted by Crippen LogP contribution is -2.40. The average Bonchev–Trinajstić information content (AvgIpc) is 2.39. The minimum Gasteiger partial charge on any atom is -0.383 e. The lowest BCUT2D eigenvalue weighted by molar-refractivity contribution is 0.656. The van der Waals surface area contributed by atoms with E-state index < -0.39 is 11.1 Å². The average molecular weight is 324 g/mol. The van der Waals surface area contributed by atoms with Gasteiger partial charge in [0, 0.05) is 42.7 Å². The first-order valence-electron chi connectivity index (χ1n) is 5.83. The fraction of sp³-hybridized carbons (Fsp3) is 0.231. The lowest BCUT2D eigenvalue weighted by Gasteiger charge is -2.09. The van der Waals surface area contributed by atoms with Gasteiger partial charge in [-0.25, -0.2) is 0 Å². The van der Waals surface area contributed by atoms with E-state index in [4.69, 9.17) is 0 Å². The van der Waals surface area contributed by atoms with Crippen molar-refractivity contribution in [3.8, 4) is 0 Å². The third kappa shape index (κ3) is 3.35. The van der Waals surface area contributed by atoms with E-state index in [2.05, 4.69) is 21.2 Å². The number of hydrogen-bond acceptors (Lipinski definition) is 3. The van der Waals surface area contributed by atoms with Gasteiger partial charge in [0.25, 0.3) is 0 Å². The molecule has 1 aromatic carbocycles. The van der Waals surface area contributed by atoms with Gasteiger partial charge in [0.05, 0.1) is 0 Å². The first kappa shape index (κ1) is 13.6. The molecule has 2 rings (SSSR count). The van der Waals surface area contributed by atoms with Crippen LogP contribution in [-0.4, -0.2) is 15.7 Å². The highest BCUT2D eigenvalue weighted by molar-refractivity contribution is 9.10. The molecule has 6 heteroatoms.